The fourth-order valence-electron chi connectivity index (χ4n) is 4.37. The fourth-order valence-corrected chi connectivity index (χ4v) is 4.37. The number of carbonyl (C=O) groups is 1. The molecule has 0 aliphatic carbocycles. The highest BCUT2D eigenvalue weighted by Gasteiger charge is 2.37. The summed E-state index contributed by atoms with van der Waals surface area (Å²) in [5.41, 5.74) is 1.70. The minimum absolute atomic E-state index is 0.647. The molecule has 0 unspecified atom stereocenters. The molecule has 0 atom stereocenters. The summed E-state index contributed by atoms with van der Waals surface area (Å²) in [6.45, 7) is 13.2. The topological polar surface area (TPSA) is 29.1 Å². The number of quaternary nitrogens is 1. The van der Waals surface area contributed by atoms with E-state index in [4.69, 9.17) is 0 Å². The van der Waals surface area contributed by atoms with Crippen LogP contribution in [0, 0.1) is 0 Å². The van der Waals surface area contributed by atoms with Gasteiger partial charge in [-0.1, -0.05) is 91.0 Å². The molecule has 3 aromatic rings. The second kappa shape index (κ2) is 12.9. The third-order valence-corrected chi connectivity index (χ3v) is 6.75. The third kappa shape index (κ3) is 6.29. The lowest BCUT2D eigenvalue weighted by Crippen LogP contribution is -2.48. The van der Waals surface area contributed by atoms with Crippen LogP contribution in [0.1, 0.15) is 44.4 Å². The number of hydrogen-bond donors (Lipinski definition) is 1. The van der Waals surface area contributed by atoms with Crippen molar-refractivity contribution in [1.29, 1.82) is 0 Å². The van der Waals surface area contributed by atoms with Crippen molar-refractivity contribution >= 4 is 5.91 Å². The lowest BCUT2D eigenvalue weighted by atomic mass is 9.77. The van der Waals surface area contributed by atoms with E-state index in [1.807, 2.05) is 91.0 Å². The highest BCUT2D eigenvalue weighted by molar-refractivity contribution is 5.80. The molecule has 0 aliphatic rings. The van der Waals surface area contributed by atoms with E-state index in [0.29, 0.717) is 0 Å². The van der Waals surface area contributed by atoms with Crippen molar-refractivity contribution in [2.75, 3.05) is 32.9 Å². The Hall–Kier alpha value is -2.98. The first-order chi connectivity index (χ1) is 16.0. The Morgan fingerprint density at radius 2 is 0.970 bits per heavy atom. The van der Waals surface area contributed by atoms with E-state index in [0.717, 1.165) is 16.7 Å². The molecule has 1 N–H and O–H groups in total. The number of halogens is 1. The highest BCUT2D eigenvalue weighted by atomic mass is 19.1. The molecule has 1 amide bonds. The van der Waals surface area contributed by atoms with Crippen molar-refractivity contribution in [3.05, 3.63) is 108 Å². The molecule has 3 aromatic carbocycles. The molecule has 0 heterocycles. The monoisotopic (exact) mass is 449 g/mol. The minimum atomic E-state index is -1.06. The van der Waals surface area contributed by atoms with Crippen molar-refractivity contribution in [2.24, 2.45) is 0 Å². The SMILES string of the molecule is CC[N+](CC)(CC)CC.O=C(CF)NC(c1ccccc1)(c1ccccc1)c1ccccc1. The quantitative estimate of drug-likeness (QED) is 0.318. The van der Waals surface area contributed by atoms with E-state index in [-0.39, 0.29) is 0 Å². The Balaban J connectivity index is 0.000000365. The predicted molar refractivity (Wildman–Crippen MR) is 136 cm³/mol. The zero-order valence-electron chi connectivity index (χ0n) is 20.4. The van der Waals surface area contributed by atoms with Gasteiger partial charge in [-0.25, -0.2) is 4.39 Å². The summed E-state index contributed by atoms with van der Waals surface area (Å²) < 4.78 is 14.3. The molecule has 0 fully saturated rings. The Bertz CT molecular complexity index is 827. The van der Waals surface area contributed by atoms with E-state index in [2.05, 4.69) is 33.0 Å². The largest absolute Gasteiger partial charge is 0.336 e. The average molecular weight is 450 g/mol. The van der Waals surface area contributed by atoms with Crippen LogP contribution in [-0.4, -0.2) is 43.2 Å². The van der Waals surface area contributed by atoms with Crippen LogP contribution in [0.3, 0.4) is 0 Å². The smallest absolute Gasteiger partial charge is 0.252 e. The van der Waals surface area contributed by atoms with Crippen LogP contribution in [0.4, 0.5) is 4.39 Å². The van der Waals surface area contributed by atoms with Crippen molar-refractivity contribution in [2.45, 2.75) is 33.2 Å². The molecule has 3 rings (SSSR count). The van der Waals surface area contributed by atoms with Crippen LogP contribution in [-0.2, 0) is 10.3 Å². The number of benzene rings is 3. The molecule has 3 nitrogen and oxygen atoms in total. The van der Waals surface area contributed by atoms with Crippen LogP contribution in [0.15, 0.2) is 91.0 Å². The molecular formula is C29H38FN2O+. The van der Waals surface area contributed by atoms with Crippen molar-refractivity contribution in [1.82, 2.24) is 5.32 Å². The fraction of sp³-hybridized carbons (Fsp3) is 0.345. The van der Waals surface area contributed by atoms with E-state index in [9.17, 15) is 9.18 Å². The molecule has 33 heavy (non-hydrogen) atoms. The number of hydrogen-bond acceptors (Lipinski definition) is 1. The Labute approximate surface area is 198 Å². The summed E-state index contributed by atoms with van der Waals surface area (Å²) in [4.78, 5) is 12.1. The van der Waals surface area contributed by atoms with E-state index in [1.54, 1.807) is 0 Å². The summed E-state index contributed by atoms with van der Waals surface area (Å²) in [7, 11) is 0. The van der Waals surface area contributed by atoms with E-state index >= 15 is 0 Å². The zero-order valence-corrected chi connectivity index (χ0v) is 20.4. The second-order valence-corrected chi connectivity index (χ2v) is 8.14. The van der Waals surface area contributed by atoms with Crippen LogP contribution >= 0.6 is 0 Å². The molecular weight excluding hydrogens is 411 g/mol. The summed E-state index contributed by atoms with van der Waals surface area (Å²) in [5, 5.41) is 2.92. The molecule has 0 saturated carbocycles. The Kier molecular flexibility index (Phi) is 10.3. The molecule has 0 bridgehead atoms. The summed E-state index contributed by atoms with van der Waals surface area (Å²) in [6, 6.07) is 28.9. The van der Waals surface area contributed by atoms with Gasteiger partial charge in [-0.3, -0.25) is 4.79 Å². The van der Waals surface area contributed by atoms with Gasteiger partial charge >= 0.3 is 0 Å². The number of alkyl halides is 1. The lowest BCUT2D eigenvalue weighted by molar-refractivity contribution is -0.921. The summed E-state index contributed by atoms with van der Waals surface area (Å²) >= 11 is 0. The van der Waals surface area contributed by atoms with Crippen LogP contribution < -0.4 is 5.32 Å². The van der Waals surface area contributed by atoms with Gasteiger partial charge in [-0.05, 0) is 44.4 Å². The predicted octanol–water partition coefficient (Wildman–Crippen LogP) is 5.95. The summed E-state index contributed by atoms with van der Waals surface area (Å²) in [5.74, 6) is -0.647. The maximum absolute atomic E-state index is 13.1. The van der Waals surface area contributed by atoms with Gasteiger partial charge in [0.05, 0.1) is 26.2 Å². The normalized spacial score (nSPS) is 11.3. The van der Waals surface area contributed by atoms with Crippen molar-refractivity contribution < 1.29 is 13.7 Å². The second-order valence-electron chi connectivity index (χ2n) is 8.14. The van der Waals surface area contributed by atoms with Crippen LogP contribution in [0.25, 0.3) is 0 Å². The Morgan fingerprint density at radius 1 is 0.667 bits per heavy atom. The standard InChI is InChI=1S/C21H18FNO.C8H20N/c22-16-20(24)23-21(17-10-4-1-5-11-17,18-12-6-2-7-13-18)19-14-8-3-9-15-19;1-5-9(6-2,7-3)8-4/h1-15H,16H2,(H,23,24);5-8H2,1-4H3/q;+1. The van der Waals surface area contributed by atoms with Gasteiger partial charge in [-0.2, -0.15) is 0 Å². The van der Waals surface area contributed by atoms with Crippen molar-refractivity contribution in [3.8, 4) is 0 Å². The Morgan fingerprint density at radius 3 is 1.18 bits per heavy atom. The molecule has 0 aliphatic heterocycles. The summed E-state index contributed by atoms with van der Waals surface area (Å²) in [6.07, 6.45) is 0. The first-order valence-electron chi connectivity index (χ1n) is 11.9. The van der Waals surface area contributed by atoms with Crippen molar-refractivity contribution in [3.63, 3.8) is 0 Å². The first-order valence-corrected chi connectivity index (χ1v) is 11.9. The van der Waals surface area contributed by atoms with E-state index < -0.39 is 18.1 Å². The van der Waals surface area contributed by atoms with Gasteiger partial charge < -0.3 is 9.80 Å². The number of amides is 1. The minimum Gasteiger partial charge on any atom is -0.336 e. The van der Waals surface area contributed by atoms with E-state index in [1.165, 1.54) is 30.7 Å². The maximum atomic E-state index is 13.1. The molecule has 0 radical (unpaired) electrons. The number of carbonyl (C=O) groups excluding carboxylic acids is 1. The zero-order chi connectivity index (χ0) is 24.2. The van der Waals surface area contributed by atoms with Crippen LogP contribution in [0.2, 0.25) is 0 Å². The molecule has 4 heteroatoms. The maximum Gasteiger partial charge on any atom is 0.252 e. The first kappa shape index (κ1) is 26.3. The van der Waals surface area contributed by atoms with Gasteiger partial charge in [0.1, 0.15) is 5.54 Å². The third-order valence-electron chi connectivity index (χ3n) is 6.75. The van der Waals surface area contributed by atoms with Gasteiger partial charge in [0, 0.05) is 0 Å². The van der Waals surface area contributed by atoms with Gasteiger partial charge in [0.25, 0.3) is 5.91 Å². The van der Waals surface area contributed by atoms with Crippen LogP contribution in [0.5, 0.6) is 0 Å². The van der Waals surface area contributed by atoms with Gasteiger partial charge in [0.2, 0.25) is 0 Å². The number of nitrogens with zero attached hydrogens (tertiary/aromatic N) is 1. The number of rotatable bonds is 9. The molecule has 0 spiro atoms. The van der Waals surface area contributed by atoms with Gasteiger partial charge in [0.15, 0.2) is 6.67 Å². The number of nitrogens with one attached hydrogen (secondary N) is 1. The lowest BCUT2D eigenvalue weighted by Gasteiger charge is -2.36. The molecule has 176 valence electrons. The van der Waals surface area contributed by atoms with Gasteiger partial charge in [-0.15, -0.1) is 0 Å². The molecule has 0 saturated heterocycles. The average Bonchev–Trinajstić information content (AvgIpc) is 2.91. The molecule has 0 aromatic heterocycles. The highest BCUT2D eigenvalue weighted by Crippen LogP contribution is 2.36.